The van der Waals surface area contributed by atoms with E-state index in [9.17, 15) is 0 Å². The van der Waals surface area contributed by atoms with Crippen molar-refractivity contribution in [3.8, 4) is 0 Å². The summed E-state index contributed by atoms with van der Waals surface area (Å²) in [6.45, 7) is 5.62. The number of hydrogen-bond donors (Lipinski definition) is 2. The Morgan fingerprint density at radius 3 is 2.90 bits per heavy atom. The highest BCUT2D eigenvalue weighted by molar-refractivity contribution is 5.95. The third-order valence-corrected chi connectivity index (χ3v) is 4.15. The van der Waals surface area contributed by atoms with Crippen LogP contribution in [-0.2, 0) is 4.74 Å². The second kappa shape index (κ2) is 6.28. The number of nitrogens with zero attached hydrogens (tertiary/aromatic N) is 4. The van der Waals surface area contributed by atoms with Gasteiger partial charge in [-0.15, -0.1) is 0 Å². The van der Waals surface area contributed by atoms with E-state index in [1.54, 1.807) is 6.07 Å². The summed E-state index contributed by atoms with van der Waals surface area (Å²) in [5.74, 6) is 0.927. The number of morpholine rings is 1. The van der Waals surface area contributed by atoms with Gasteiger partial charge in [0.2, 0.25) is 0 Å². The molecule has 7 nitrogen and oxygen atoms in total. The van der Waals surface area contributed by atoms with Crippen LogP contribution in [0.2, 0.25) is 0 Å². The van der Waals surface area contributed by atoms with Crippen LogP contribution in [0.1, 0.15) is 12.1 Å². The molecular formula is C14H21N5O2. The molecule has 0 saturated carbocycles. The predicted octanol–water partition coefficient (Wildman–Crippen LogP) is 0.0870. The Balaban J connectivity index is 1.68. The first-order valence-corrected chi connectivity index (χ1v) is 7.29. The Bertz CT molecular complexity index is 516. The first-order valence-electron chi connectivity index (χ1n) is 7.29. The molecule has 0 aliphatic carbocycles. The Morgan fingerprint density at radius 1 is 1.33 bits per heavy atom. The Morgan fingerprint density at radius 2 is 2.14 bits per heavy atom. The van der Waals surface area contributed by atoms with Crippen LogP contribution in [0, 0.1) is 0 Å². The van der Waals surface area contributed by atoms with E-state index in [0.717, 1.165) is 51.6 Å². The number of hydrogen-bond acceptors (Lipinski definition) is 6. The van der Waals surface area contributed by atoms with Crippen LogP contribution in [0.25, 0.3) is 0 Å². The van der Waals surface area contributed by atoms with Crippen molar-refractivity contribution in [1.82, 2.24) is 9.88 Å². The molecule has 1 unspecified atom stereocenters. The minimum absolute atomic E-state index is 0.0424. The van der Waals surface area contributed by atoms with Crippen molar-refractivity contribution in [2.45, 2.75) is 12.5 Å². The minimum Gasteiger partial charge on any atom is -0.409 e. The topological polar surface area (TPSA) is 87.2 Å². The third-order valence-electron chi connectivity index (χ3n) is 4.15. The number of pyridine rings is 1. The van der Waals surface area contributed by atoms with E-state index in [-0.39, 0.29) is 5.84 Å². The highest BCUT2D eigenvalue weighted by Crippen LogP contribution is 2.22. The summed E-state index contributed by atoms with van der Waals surface area (Å²) < 4.78 is 5.41. The van der Waals surface area contributed by atoms with Gasteiger partial charge in [0.05, 0.1) is 13.2 Å². The molecule has 2 saturated heterocycles. The molecule has 0 spiro atoms. The molecule has 1 aromatic heterocycles. The second-order valence-electron chi connectivity index (χ2n) is 5.40. The summed E-state index contributed by atoms with van der Waals surface area (Å²) in [6.07, 6.45) is 1.13. The van der Waals surface area contributed by atoms with E-state index in [4.69, 9.17) is 15.7 Å². The van der Waals surface area contributed by atoms with Crippen molar-refractivity contribution < 1.29 is 9.94 Å². The van der Waals surface area contributed by atoms with E-state index in [1.165, 1.54) is 0 Å². The molecule has 1 atom stereocenters. The maximum atomic E-state index is 8.75. The van der Waals surface area contributed by atoms with E-state index in [2.05, 4.69) is 19.9 Å². The smallest absolute Gasteiger partial charge is 0.188 e. The number of anilines is 1. The van der Waals surface area contributed by atoms with Gasteiger partial charge in [-0.25, -0.2) is 4.98 Å². The molecule has 0 bridgehead atoms. The second-order valence-corrected chi connectivity index (χ2v) is 5.40. The van der Waals surface area contributed by atoms with E-state index >= 15 is 0 Å². The molecule has 3 N–H and O–H groups in total. The zero-order valence-electron chi connectivity index (χ0n) is 12.0. The van der Waals surface area contributed by atoms with E-state index in [1.807, 2.05) is 12.1 Å². The molecular weight excluding hydrogens is 270 g/mol. The van der Waals surface area contributed by atoms with Gasteiger partial charge in [0, 0.05) is 32.2 Å². The summed E-state index contributed by atoms with van der Waals surface area (Å²) >= 11 is 0. The molecule has 3 rings (SSSR count). The lowest BCUT2D eigenvalue weighted by atomic mass is 10.2. The molecule has 0 aromatic carbocycles. The van der Waals surface area contributed by atoms with Crippen LogP contribution in [0.4, 0.5) is 5.82 Å². The standard InChI is InChI=1S/C14H21N5O2/c15-14(17-20)12-2-1-3-13(16-12)19-5-4-11(10-19)18-6-8-21-9-7-18/h1-3,11,20H,4-10H2,(H2,15,17). The molecule has 7 heteroatoms. The molecule has 1 aromatic rings. The lowest BCUT2D eigenvalue weighted by Gasteiger charge is -2.32. The number of nitrogens with two attached hydrogens (primary N) is 1. The first kappa shape index (κ1) is 14.1. The fourth-order valence-electron chi connectivity index (χ4n) is 2.98. The van der Waals surface area contributed by atoms with E-state index < -0.39 is 0 Å². The molecule has 114 valence electrons. The average molecular weight is 291 g/mol. The van der Waals surface area contributed by atoms with E-state index in [0.29, 0.717) is 11.7 Å². The van der Waals surface area contributed by atoms with Crippen LogP contribution < -0.4 is 10.6 Å². The van der Waals surface area contributed by atoms with Gasteiger partial charge in [0.1, 0.15) is 11.5 Å². The fraction of sp³-hybridized carbons (Fsp3) is 0.571. The lowest BCUT2D eigenvalue weighted by Crippen LogP contribution is -2.44. The molecule has 2 fully saturated rings. The van der Waals surface area contributed by atoms with Gasteiger partial charge in [-0.3, -0.25) is 4.90 Å². The summed E-state index contributed by atoms with van der Waals surface area (Å²) in [7, 11) is 0. The zero-order valence-corrected chi connectivity index (χ0v) is 12.0. The number of oxime groups is 1. The quantitative estimate of drug-likeness (QED) is 0.355. The Hall–Kier alpha value is -1.86. The van der Waals surface area contributed by atoms with Crippen molar-refractivity contribution in [3.63, 3.8) is 0 Å². The van der Waals surface area contributed by atoms with Gasteiger partial charge in [0.25, 0.3) is 0 Å². The molecule has 2 aliphatic heterocycles. The maximum absolute atomic E-state index is 8.75. The lowest BCUT2D eigenvalue weighted by molar-refractivity contribution is 0.0209. The monoisotopic (exact) mass is 291 g/mol. The molecule has 0 amide bonds. The van der Waals surface area contributed by atoms with Crippen LogP contribution in [0.5, 0.6) is 0 Å². The predicted molar refractivity (Wildman–Crippen MR) is 79.8 cm³/mol. The first-order chi connectivity index (χ1) is 10.3. The molecule has 2 aliphatic rings. The summed E-state index contributed by atoms with van der Waals surface area (Å²) in [5.41, 5.74) is 6.11. The highest BCUT2D eigenvalue weighted by atomic mass is 16.5. The van der Waals surface area contributed by atoms with Crippen LogP contribution in [0.3, 0.4) is 0 Å². The Kier molecular flexibility index (Phi) is 4.21. The van der Waals surface area contributed by atoms with Crippen molar-refractivity contribution in [2.75, 3.05) is 44.3 Å². The van der Waals surface area contributed by atoms with Gasteiger partial charge in [-0.05, 0) is 18.6 Å². The van der Waals surface area contributed by atoms with Crippen molar-refractivity contribution in [2.24, 2.45) is 10.9 Å². The number of amidine groups is 1. The average Bonchev–Trinajstić information content (AvgIpc) is 3.05. The van der Waals surface area contributed by atoms with Crippen LogP contribution >= 0.6 is 0 Å². The van der Waals surface area contributed by atoms with Crippen molar-refractivity contribution >= 4 is 11.7 Å². The molecule has 3 heterocycles. The normalized spacial score (nSPS) is 24.5. The maximum Gasteiger partial charge on any atom is 0.188 e. The molecule has 0 radical (unpaired) electrons. The number of rotatable bonds is 3. The summed E-state index contributed by atoms with van der Waals surface area (Å²) in [6, 6.07) is 6.16. The highest BCUT2D eigenvalue weighted by Gasteiger charge is 2.29. The summed E-state index contributed by atoms with van der Waals surface area (Å²) in [4.78, 5) is 9.23. The van der Waals surface area contributed by atoms with Gasteiger partial charge in [0.15, 0.2) is 5.84 Å². The van der Waals surface area contributed by atoms with Crippen molar-refractivity contribution in [3.05, 3.63) is 23.9 Å². The van der Waals surface area contributed by atoms with Gasteiger partial charge in [-0.2, -0.15) is 0 Å². The summed E-state index contributed by atoms with van der Waals surface area (Å²) in [5, 5.41) is 11.8. The van der Waals surface area contributed by atoms with Gasteiger partial charge < -0.3 is 20.6 Å². The van der Waals surface area contributed by atoms with Crippen LogP contribution in [0.15, 0.2) is 23.4 Å². The largest absolute Gasteiger partial charge is 0.409 e. The number of aromatic nitrogens is 1. The third kappa shape index (κ3) is 3.08. The molecule has 21 heavy (non-hydrogen) atoms. The Labute approximate surface area is 124 Å². The van der Waals surface area contributed by atoms with Crippen molar-refractivity contribution in [1.29, 1.82) is 0 Å². The number of ether oxygens (including phenoxy) is 1. The SMILES string of the molecule is NC(=NO)c1cccc(N2CCC(N3CCOCC3)C2)n1. The van der Waals surface area contributed by atoms with Gasteiger partial charge >= 0.3 is 0 Å². The van der Waals surface area contributed by atoms with Crippen LogP contribution in [-0.4, -0.2) is 66.4 Å². The fourth-order valence-corrected chi connectivity index (χ4v) is 2.98. The zero-order chi connectivity index (χ0) is 14.7. The minimum atomic E-state index is 0.0424. The van der Waals surface area contributed by atoms with Gasteiger partial charge in [-0.1, -0.05) is 11.2 Å².